The maximum Gasteiger partial charge on any atom is 0.273 e. The van der Waals surface area contributed by atoms with Crippen molar-refractivity contribution in [2.75, 3.05) is 0 Å². The van der Waals surface area contributed by atoms with Gasteiger partial charge in [0, 0.05) is 6.54 Å². The molecule has 5 heteroatoms. The predicted octanol–water partition coefficient (Wildman–Crippen LogP) is 3.34. The van der Waals surface area contributed by atoms with E-state index in [1.165, 1.54) is 11.2 Å². The molecule has 0 aliphatic carbocycles. The number of amides is 1. The Morgan fingerprint density at radius 3 is 2.53 bits per heavy atom. The summed E-state index contributed by atoms with van der Waals surface area (Å²) in [7, 11) is 0. The predicted molar refractivity (Wildman–Crippen MR) is 70.2 cm³/mol. The Kier molecular flexibility index (Phi) is 4.58. The second kappa shape index (κ2) is 6.38. The number of carbonyl (C=O) groups is 1. The minimum atomic E-state index is -2.04. The maximum absolute atomic E-state index is 13.0. The standard InChI is InChI=1S/C14H13ClFNO2/c15-13(16)14(18)17(10-12-7-4-8-19-12)9-11-5-2-1-3-6-11/h1-8,13H,9-10H2. The van der Waals surface area contributed by atoms with E-state index >= 15 is 0 Å². The number of rotatable bonds is 5. The fourth-order valence-corrected chi connectivity index (χ4v) is 1.88. The summed E-state index contributed by atoms with van der Waals surface area (Å²) in [6.07, 6.45) is 1.51. The van der Waals surface area contributed by atoms with Crippen molar-refractivity contribution in [3.63, 3.8) is 0 Å². The van der Waals surface area contributed by atoms with E-state index in [1.54, 1.807) is 12.1 Å². The first-order valence-electron chi connectivity index (χ1n) is 5.80. The first-order chi connectivity index (χ1) is 9.16. The molecule has 0 saturated heterocycles. The van der Waals surface area contributed by atoms with Crippen molar-refractivity contribution in [3.8, 4) is 0 Å². The van der Waals surface area contributed by atoms with Crippen molar-refractivity contribution >= 4 is 17.5 Å². The molecule has 0 N–H and O–H groups in total. The summed E-state index contributed by atoms with van der Waals surface area (Å²) in [6.45, 7) is 0.474. The molecule has 1 heterocycles. The molecule has 1 atom stereocenters. The minimum Gasteiger partial charge on any atom is -0.467 e. The molecule has 1 aromatic heterocycles. The molecule has 3 nitrogen and oxygen atoms in total. The zero-order valence-electron chi connectivity index (χ0n) is 10.1. The van der Waals surface area contributed by atoms with Gasteiger partial charge in [0.05, 0.1) is 12.8 Å². The fraction of sp³-hybridized carbons (Fsp3) is 0.214. The van der Waals surface area contributed by atoms with Gasteiger partial charge >= 0.3 is 0 Å². The van der Waals surface area contributed by atoms with Crippen LogP contribution in [-0.4, -0.2) is 16.4 Å². The highest BCUT2D eigenvalue weighted by Crippen LogP contribution is 2.14. The Labute approximate surface area is 115 Å². The first kappa shape index (κ1) is 13.6. The highest BCUT2D eigenvalue weighted by atomic mass is 35.5. The highest BCUT2D eigenvalue weighted by Gasteiger charge is 2.22. The number of furan rings is 1. The topological polar surface area (TPSA) is 33.5 Å². The van der Waals surface area contributed by atoms with Crippen molar-refractivity contribution in [3.05, 3.63) is 60.1 Å². The summed E-state index contributed by atoms with van der Waals surface area (Å²) in [4.78, 5) is 13.1. The molecule has 19 heavy (non-hydrogen) atoms. The highest BCUT2D eigenvalue weighted by molar-refractivity contribution is 6.29. The number of hydrogen-bond acceptors (Lipinski definition) is 2. The first-order valence-corrected chi connectivity index (χ1v) is 6.23. The summed E-state index contributed by atoms with van der Waals surface area (Å²) in [5.41, 5.74) is -1.14. The monoisotopic (exact) mass is 281 g/mol. The second-order valence-electron chi connectivity index (χ2n) is 4.06. The van der Waals surface area contributed by atoms with Gasteiger partial charge in [0.1, 0.15) is 5.76 Å². The molecule has 100 valence electrons. The summed E-state index contributed by atoms with van der Waals surface area (Å²) in [5, 5.41) is 0. The average molecular weight is 282 g/mol. The van der Waals surface area contributed by atoms with Crippen LogP contribution in [0.25, 0.3) is 0 Å². The van der Waals surface area contributed by atoms with E-state index < -0.39 is 11.5 Å². The van der Waals surface area contributed by atoms with Gasteiger partial charge in [-0.15, -0.1) is 0 Å². The van der Waals surface area contributed by atoms with E-state index in [0.29, 0.717) is 5.76 Å². The van der Waals surface area contributed by atoms with Gasteiger partial charge in [-0.05, 0) is 17.7 Å². The van der Waals surface area contributed by atoms with Crippen LogP contribution < -0.4 is 0 Å². The summed E-state index contributed by atoms with van der Waals surface area (Å²) in [5.74, 6) is -0.177. The van der Waals surface area contributed by atoms with E-state index in [2.05, 4.69) is 0 Å². The summed E-state index contributed by atoms with van der Waals surface area (Å²) >= 11 is 5.24. The number of halogens is 2. The number of benzene rings is 1. The van der Waals surface area contributed by atoms with E-state index in [1.807, 2.05) is 30.3 Å². The SMILES string of the molecule is O=C(C(F)Cl)N(Cc1ccccc1)Cc1ccco1. The van der Waals surface area contributed by atoms with Crippen molar-refractivity contribution in [2.24, 2.45) is 0 Å². The zero-order valence-corrected chi connectivity index (χ0v) is 10.9. The van der Waals surface area contributed by atoms with Crippen molar-refractivity contribution in [1.82, 2.24) is 4.90 Å². The lowest BCUT2D eigenvalue weighted by Gasteiger charge is -2.21. The van der Waals surface area contributed by atoms with Gasteiger partial charge in [-0.3, -0.25) is 4.79 Å². The third-order valence-corrected chi connectivity index (χ3v) is 2.83. The van der Waals surface area contributed by atoms with E-state index in [0.717, 1.165) is 5.56 Å². The molecule has 0 aliphatic rings. The number of carbonyl (C=O) groups excluding carboxylic acids is 1. The Morgan fingerprint density at radius 2 is 1.95 bits per heavy atom. The van der Waals surface area contributed by atoms with E-state index in [4.69, 9.17) is 16.0 Å². The second-order valence-corrected chi connectivity index (χ2v) is 4.44. The van der Waals surface area contributed by atoms with Crippen LogP contribution in [0.2, 0.25) is 0 Å². The third kappa shape index (κ3) is 3.83. The smallest absolute Gasteiger partial charge is 0.273 e. The summed E-state index contributed by atoms with van der Waals surface area (Å²) in [6, 6.07) is 12.8. The number of alkyl halides is 2. The van der Waals surface area contributed by atoms with E-state index in [-0.39, 0.29) is 13.1 Å². The van der Waals surface area contributed by atoms with Crippen LogP contribution in [0.3, 0.4) is 0 Å². The molecule has 1 amide bonds. The zero-order chi connectivity index (χ0) is 13.7. The number of hydrogen-bond donors (Lipinski definition) is 0. The molecule has 0 spiro atoms. The molecule has 0 radical (unpaired) electrons. The Bertz CT molecular complexity index is 514. The van der Waals surface area contributed by atoms with Gasteiger partial charge in [0.2, 0.25) is 0 Å². The number of nitrogens with zero attached hydrogens (tertiary/aromatic N) is 1. The minimum absolute atomic E-state index is 0.188. The summed E-state index contributed by atoms with van der Waals surface area (Å²) < 4.78 is 18.2. The molecular formula is C14H13ClFNO2. The normalized spacial score (nSPS) is 12.1. The van der Waals surface area contributed by atoms with Crippen LogP contribution in [0.1, 0.15) is 11.3 Å². The Hall–Kier alpha value is -1.81. The lowest BCUT2D eigenvalue weighted by Crippen LogP contribution is -2.34. The fourth-order valence-electron chi connectivity index (χ4n) is 1.74. The van der Waals surface area contributed by atoms with Crippen LogP contribution in [0.5, 0.6) is 0 Å². The van der Waals surface area contributed by atoms with E-state index in [9.17, 15) is 9.18 Å². The lowest BCUT2D eigenvalue weighted by molar-refractivity contribution is -0.135. The van der Waals surface area contributed by atoms with Crippen molar-refractivity contribution in [1.29, 1.82) is 0 Å². The van der Waals surface area contributed by atoms with Gasteiger partial charge in [0.25, 0.3) is 11.5 Å². The lowest BCUT2D eigenvalue weighted by atomic mass is 10.2. The maximum atomic E-state index is 13.0. The van der Waals surface area contributed by atoms with Crippen LogP contribution in [0.15, 0.2) is 53.1 Å². The van der Waals surface area contributed by atoms with Gasteiger partial charge in [-0.2, -0.15) is 0 Å². The van der Waals surface area contributed by atoms with Crippen LogP contribution >= 0.6 is 11.6 Å². The molecule has 0 bridgehead atoms. The largest absolute Gasteiger partial charge is 0.467 e. The molecule has 2 aromatic rings. The van der Waals surface area contributed by atoms with Gasteiger partial charge < -0.3 is 9.32 Å². The van der Waals surface area contributed by atoms with Crippen molar-refractivity contribution in [2.45, 2.75) is 18.7 Å². The molecule has 1 unspecified atom stereocenters. The molecule has 0 aliphatic heterocycles. The Morgan fingerprint density at radius 1 is 1.21 bits per heavy atom. The average Bonchev–Trinajstić information content (AvgIpc) is 2.91. The van der Waals surface area contributed by atoms with Crippen molar-refractivity contribution < 1.29 is 13.6 Å². The quantitative estimate of drug-likeness (QED) is 0.788. The molecular weight excluding hydrogens is 269 g/mol. The van der Waals surface area contributed by atoms with Gasteiger partial charge in [-0.1, -0.05) is 41.9 Å². The molecule has 0 saturated carbocycles. The van der Waals surface area contributed by atoms with Crippen LogP contribution in [0.4, 0.5) is 4.39 Å². The van der Waals surface area contributed by atoms with Crippen LogP contribution in [0, 0.1) is 0 Å². The molecule has 0 fully saturated rings. The molecule has 1 aromatic carbocycles. The Balaban J connectivity index is 2.12. The molecule has 2 rings (SSSR count). The van der Waals surface area contributed by atoms with Gasteiger partial charge in [-0.25, -0.2) is 4.39 Å². The third-order valence-electron chi connectivity index (χ3n) is 2.64. The van der Waals surface area contributed by atoms with Crippen LogP contribution in [-0.2, 0) is 17.9 Å². The van der Waals surface area contributed by atoms with Gasteiger partial charge in [0.15, 0.2) is 0 Å².